The second-order valence-electron chi connectivity index (χ2n) is 4.37. The van der Waals surface area contributed by atoms with Gasteiger partial charge < -0.3 is 14.7 Å². The minimum absolute atomic E-state index is 0.530. The minimum Gasteiger partial charge on any atom is -0.493 e. The average molecular weight is 235 g/mol. The molecule has 0 saturated heterocycles. The van der Waals surface area contributed by atoms with Crippen molar-refractivity contribution in [3.8, 4) is 5.75 Å². The van der Waals surface area contributed by atoms with Crippen LogP contribution in [0.5, 0.6) is 5.75 Å². The lowest BCUT2D eigenvalue weighted by Gasteiger charge is -2.26. The number of ether oxygens (including phenoxy) is 1. The van der Waals surface area contributed by atoms with Crippen molar-refractivity contribution in [2.45, 2.75) is 25.8 Å². The molecule has 0 spiro atoms. The van der Waals surface area contributed by atoms with Gasteiger partial charge in [0.15, 0.2) is 0 Å². The SMILES string of the molecule is CC(C(=O)O)N(C)c1ccc2c(c1)CCCO2. The zero-order valence-electron chi connectivity index (χ0n) is 10.1. The molecule has 1 atom stereocenters. The van der Waals surface area contributed by atoms with Crippen LogP contribution in [0.15, 0.2) is 18.2 Å². The minimum atomic E-state index is -0.818. The molecule has 0 amide bonds. The third-order valence-electron chi connectivity index (χ3n) is 3.24. The van der Waals surface area contributed by atoms with Crippen molar-refractivity contribution >= 4 is 11.7 Å². The zero-order valence-corrected chi connectivity index (χ0v) is 10.1. The molecule has 2 rings (SSSR count). The smallest absolute Gasteiger partial charge is 0.326 e. The second kappa shape index (κ2) is 4.65. The molecule has 1 aliphatic rings. The third kappa shape index (κ3) is 2.35. The molecule has 0 bridgehead atoms. The van der Waals surface area contributed by atoms with E-state index < -0.39 is 12.0 Å². The first-order valence-electron chi connectivity index (χ1n) is 5.81. The van der Waals surface area contributed by atoms with Crippen LogP contribution < -0.4 is 9.64 Å². The Bertz CT molecular complexity index is 431. The largest absolute Gasteiger partial charge is 0.493 e. The summed E-state index contributed by atoms with van der Waals surface area (Å²) in [6, 6.07) is 5.32. The van der Waals surface area contributed by atoms with Crippen LogP contribution >= 0.6 is 0 Å². The predicted molar refractivity (Wildman–Crippen MR) is 65.8 cm³/mol. The Morgan fingerprint density at radius 1 is 1.53 bits per heavy atom. The van der Waals surface area contributed by atoms with Crippen molar-refractivity contribution in [2.75, 3.05) is 18.6 Å². The number of carboxylic acid groups (broad SMARTS) is 1. The van der Waals surface area contributed by atoms with Gasteiger partial charge in [0.25, 0.3) is 0 Å². The van der Waals surface area contributed by atoms with Crippen LogP contribution in [0.25, 0.3) is 0 Å². The van der Waals surface area contributed by atoms with Crippen molar-refractivity contribution in [1.29, 1.82) is 0 Å². The van der Waals surface area contributed by atoms with Crippen LogP contribution in [0, 0.1) is 0 Å². The van der Waals surface area contributed by atoms with E-state index in [1.165, 1.54) is 0 Å². The van der Waals surface area contributed by atoms with Gasteiger partial charge >= 0.3 is 5.97 Å². The van der Waals surface area contributed by atoms with Crippen LogP contribution in [0.1, 0.15) is 18.9 Å². The van der Waals surface area contributed by atoms with Crippen molar-refractivity contribution in [1.82, 2.24) is 0 Å². The van der Waals surface area contributed by atoms with Crippen LogP contribution in [-0.2, 0) is 11.2 Å². The number of carbonyl (C=O) groups is 1. The van der Waals surface area contributed by atoms with Crippen LogP contribution in [0.2, 0.25) is 0 Å². The Balaban J connectivity index is 2.24. The van der Waals surface area contributed by atoms with Gasteiger partial charge in [-0.2, -0.15) is 0 Å². The van der Waals surface area contributed by atoms with Gasteiger partial charge in [-0.15, -0.1) is 0 Å². The normalized spacial score (nSPS) is 15.6. The van der Waals surface area contributed by atoms with E-state index in [0.29, 0.717) is 0 Å². The highest BCUT2D eigenvalue weighted by molar-refractivity contribution is 5.77. The first-order valence-corrected chi connectivity index (χ1v) is 5.81. The van der Waals surface area contributed by atoms with Crippen molar-refractivity contribution in [3.63, 3.8) is 0 Å². The zero-order chi connectivity index (χ0) is 12.4. The quantitative estimate of drug-likeness (QED) is 0.869. The molecule has 0 aliphatic carbocycles. The number of rotatable bonds is 3. The van der Waals surface area contributed by atoms with Gasteiger partial charge in [-0.05, 0) is 43.5 Å². The molecule has 0 radical (unpaired) electrons. The molecule has 1 aliphatic heterocycles. The summed E-state index contributed by atoms with van der Waals surface area (Å²) in [5.41, 5.74) is 2.09. The second-order valence-corrected chi connectivity index (χ2v) is 4.37. The summed E-state index contributed by atoms with van der Waals surface area (Å²) < 4.78 is 5.53. The molecule has 4 nitrogen and oxygen atoms in total. The maximum atomic E-state index is 10.9. The highest BCUT2D eigenvalue weighted by atomic mass is 16.5. The number of hydrogen-bond donors (Lipinski definition) is 1. The van der Waals surface area contributed by atoms with Gasteiger partial charge in [0.1, 0.15) is 11.8 Å². The maximum Gasteiger partial charge on any atom is 0.326 e. The lowest BCUT2D eigenvalue weighted by molar-refractivity contribution is -0.138. The van der Waals surface area contributed by atoms with Crippen molar-refractivity contribution < 1.29 is 14.6 Å². The fourth-order valence-corrected chi connectivity index (χ4v) is 1.96. The molecular formula is C13H17NO3. The first-order chi connectivity index (χ1) is 8.09. The molecule has 0 fully saturated rings. The topological polar surface area (TPSA) is 49.8 Å². The first kappa shape index (κ1) is 11.8. The molecule has 0 saturated carbocycles. The molecular weight excluding hydrogens is 218 g/mol. The van der Waals surface area contributed by atoms with Gasteiger partial charge in [-0.3, -0.25) is 0 Å². The standard InChI is InChI=1S/C13H17NO3/c1-9(13(15)16)14(2)11-5-6-12-10(8-11)4-3-7-17-12/h5-6,8-9H,3-4,7H2,1-2H3,(H,15,16). The van der Waals surface area contributed by atoms with E-state index in [-0.39, 0.29) is 0 Å². The molecule has 4 heteroatoms. The fraction of sp³-hybridized carbons (Fsp3) is 0.462. The van der Waals surface area contributed by atoms with E-state index in [9.17, 15) is 4.79 Å². The Morgan fingerprint density at radius 3 is 3.00 bits per heavy atom. The number of benzene rings is 1. The summed E-state index contributed by atoms with van der Waals surface area (Å²) in [6.07, 6.45) is 2.02. The number of aryl methyl sites for hydroxylation is 1. The van der Waals surface area contributed by atoms with Crippen LogP contribution in [-0.4, -0.2) is 30.8 Å². The summed E-state index contributed by atoms with van der Waals surface area (Å²) >= 11 is 0. The number of carboxylic acids is 1. The molecule has 1 aromatic carbocycles. The van der Waals surface area contributed by atoms with Gasteiger partial charge in [0.05, 0.1) is 6.61 Å². The molecule has 1 aromatic rings. The van der Waals surface area contributed by atoms with Gasteiger partial charge in [-0.1, -0.05) is 0 Å². The molecule has 1 N–H and O–H groups in total. The Morgan fingerprint density at radius 2 is 2.29 bits per heavy atom. The van der Waals surface area contributed by atoms with E-state index in [1.807, 2.05) is 18.2 Å². The van der Waals surface area contributed by atoms with Crippen molar-refractivity contribution in [2.24, 2.45) is 0 Å². The number of nitrogens with zero attached hydrogens (tertiary/aromatic N) is 1. The summed E-state index contributed by atoms with van der Waals surface area (Å²) in [5, 5.41) is 8.99. The summed E-state index contributed by atoms with van der Waals surface area (Å²) in [6.45, 7) is 2.45. The van der Waals surface area contributed by atoms with Crippen LogP contribution in [0.4, 0.5) is 5.69 Å². The summed E-state index contributed by atoms with van der Waals surface area (Å²) in [4.78, 5) is 12.7. The summed E-state index contributed by atoms with van der Waals surface area (Å²) in [5.74, 6) is 0.109. The fourth-order valence-electron chi connectivity index (χ4n) is 1.96. The molecule has 92 valence electrons. The Hall–Kier alpha value is -1.71. The molecule has 1 heterocycles. The monoisotopic (exact) mass is 235 g/mol. The number of fused-ring (bicyclic) bond motifs is 1. The average Bonchev–Trinajstić information content (AvgIpc) is 2.36. The Kier molecular flexibility index (Phi) is 3.22. The lowest BCUT2D eigenvalue weighted by Crippen LogP contribution is -2.35. The van der Waals surface area contributed by atoms with E-state index in [2.05, 4.69) is 0 Å². The molecule has 0 aromatic heterocycles. The van der Waals surface area contributed by atoms with Crippen molar-refractivity contribution in [3.05, 3.63) is 23.8 Å². The van der Waals surface area contributed by atoms with E-state index in [0.717, 1.165) is 36.4 Å². The number of aliphatic carboxylic acids is 1. The highest BCUT2D eigenvalue weighted by Gasteiger charge is 2.19. The highest BCUT2D eigenvalue weighted by Crippen LogP contribution is 2.29. The molecule has 17 heavy (non-hydrogen) atoms. The van der Waals surface area contributed by atoms with E-state index in [1.54, 1.807) is 18.9 Å². The van der Waals surface area contributed by atoms with Gasteiger partial charge in [-0.25, -0.2) is 4.79 Å². The van der Waals surface area contributed by atoms with E-state index >= 15 is 0 Å². The number of likely N-dealkylation sites (N-methyl/N-ethyl adjacent to an activating group) is 1. The van der Waals surface area contributed by atoms with Crippen LogP contribution in [0.3, 0.4) is 0 Å². The Labute approximate surface area is 101 Å². The maximum absolute atomic E-state index is 10.9. The summed E-state index contributed by atoms with van der Waals surface area (Å²) in [7, 11) is 1.80. The predicted octanol–water partition coefficient (Wildman–Crippen LogP) is 1.92. The molecule has 1 unspecified atom stereocenters. The lowest BCUT2D eigenvalue weighted by atomic mass is 10.0. The number of hydrogen-bond acceptors (Lipinski definition) is 3. The number of anilines is 1. The van der Waals surface area contributed by atoms with Gasteiger partial charge in [0.2, 0.25) is 0 Å². The third-order valence-corrected chi connectivity index (χ3v) is 3.24. The van der Waals surface area contributed by atoms with Gasteiger partial charge in [0, 0.05) is 12.7 Å². The van der Waals surface area contributed by atoms with E-state index in [4.69, 9.17) is 9.84 Å².